The van der Waals surface area contributed by atoms with Crippen molar-refractivity contribution in [3.63, 3.8) is 0 Å². The fourth-order valence-electron chi connectivity index (χ4n) is 1.50. The maximum absolute atomic E-state index is 11.0. The van der Waals surface area contributed by atoms with Crippen molar-refractivity contribution in [3.05, 3.63) is 9.75 Å². The molecule has 0 spiro atoms. The van der Waals surface area contributed by atoms with Crippen LogP contribution in [-0.2, 0) is 0 Å². The Morgan fingerprint density at radius 2 is 1.32 bits per heavy atom. The van der Waals surface area contributed by atoms with Gasteiger partial charge in [0.1, 0.15) is 9.75 Å². The highest BCUT2D eigenvalue weighted by Gasteiger charge is 2.20. The van der Waals surface area contributed by atoms with Gasteiger partial charge in [0.05, 0.1) is 13.2 Å². The van der Waals surface area contributed by atoms with Gasteiger partial charge in [0.25, 0.3) is 0 Å². The summed E-state index contributed by atoms with van der Waals surface area (Å²) in [7, 11) is 0. The van der Waals surface area contributed by atoms with Gasteiger partial charge in [-0.3, -0.25) is 9.59 Å². The Kier molecular flexibility index (Phi) is 7.18. The second-order valence-corrected chi connectivity index (χ2v) is 5.21. The maximum atomic E-state index is 11.0. The van der Waals surface area contributed by atoms with Gasteiger partial charge < -0.3 is 9.47 Å². The van der Waals surface area contributed by atoms with Crippen molar-refractivity contribution in [1.82, 2.24) is 0 Å². The van der Waals surface area contributed by atoms with Gasteiger partial charge in [-0.25, -0.2) is 0 Å². The Bertz CT molecular complexity index is 375. The van der Waals surface area contributed by atoms with Crippen molar-refractivity contribution in [2.45, 2.75) is 39.5 Å². The molecule has 0 saturated heterocycles. The minimum Gasteiger partial charge on any atom is -0.488 e. The molecule has 0 amide bonds. The van der Waals surface area contributed by atoms with Gasteiger partial charge in [0.2, 0.25) is 0 Å². The van der Waals surface area contributed by atoms with E-state index in [1.54, 1.807) is 0 Å². The Labute approximate surface area is 117 Å². The van der Waals surface area contributed by atoms with Crippen molar-refractivity contribution in [2.24, 2.45) is 0 Å². The number of hydrogen-bond donors (Lipinski definition) is 0. The van der Waals surface area contributed by atoms with Gasteiger partial charge in [-0.05, 0) is 12.8 Å². The number of rotatable bonds is 10. The summed E-state index contributed by atoms with van der Waals surface area (Å²) in [5.74, 6) is 0.846. The molecule has 4 nitrogen and oxygen atoms in total. The van der Waals surface area contributed by atoms with Crippen molar-refractivity contribution < 1.29 is 19.1 Å². The van der Waals surface area contributed by atoms with Crippen molar-refractivity contribution in [2.75, 3.05) is 13.2 Å². The number of carbonyl (C=O) groups excluding carboxylic acids is 2. The second kappa shape index (κ2) is 8.69. The van der Waals surface area contributed by atoms with Crippen LogP contribution in [0.3, 0.4) is 0 Å². The predicted octanol–water partition coefficient (Wildman–Crippen LogP) is 3.73. The molecule has 0 aromatic carbocycles. The Hall–Kier alpha value is -1.36. The number of ether oxygens (including phenoxy) is 2. The van der Waals surface area contributed by atoms with E-state index >= 15 is 0 Å². The van der Waals surface area contributed by atoms with Gasteiger partial charge in [-0.2, -0.15) is 0 Å². The van der Waals surface area contributed by atoms with E-state index in [-0.39, 0.29) is 0 Å². The number of unbranched alkanes of at least 4 members (excludes halogenated alkanes) is 2. The zero-order valence-corrected chi connectivity index (χ0v) is 12.3. The molecule has 0 N–H and O–H groups in total. The topological polar surface area (TPSA) is 52.6 Å². The van der Waals surface area contributed by atoms with Crippen LogP contribution in [0.1, 0.15) is 58.9 Å². The first-order valence-electron chi connectivity index (χ1n) is 6.61. The molecule has 0 aliphatic rings. The molecule has 1 aromatic rings. The molecule has 0 atom stereocenters. The maximum Gasteiger partial charge on any atom is 0.183 e. The summed E-state index contributed by atoms with van der Waals surface area (Å²) in [5, 5.41) is 0. The van der Waals surface area contributed by atoms with Crippen LogP contribution < -0.4 is 9.47 Å². The molecule has 1 rings (SSSR count). The number of hydrogen-bond acceptors (Lipinski definition) is 5. The van der Waals surface area contributed by atoms with Crippen LogP contribution in [-0.4, -0.2) is 25.8 Å². The highest BCUT2D eigenvalue weighted by Crippen LogP contribution is 2.40. The van der Waals surface area contributed by atoms with E-state index in [9.17, 15) is 9.59 Å². The molecule has 5 heteroatoms. The first-order valence-corrected chi connectivity index (χ1v) is 7.42. The fraction of sp³-hybridized carbons (Fsp3) is 0.571. The predicted molar refractivity (Wildman–Crippen MR) is 75.9 cm³/mol. The number of carbonyl (C=O) groups is 2. The van der Waals surface area contributed by atoms with Crippen LogP contribution in [0.15, 0.2) is 0 Å². The molecule has 0 unspecified atom stereocenters. The third-order valence-corrected chi connectivity index (χ3v) is 3.58. The van der Waals surface area contributed by atoms with Crippen LogP contribution in [0, 0.1) is 0 Å². The molecular formula is C14H20O4S. The molecule has 1 heterocycles. The highest BCUT2D eigenvalue weighted by molar-refractivity contribution is 7.16. The molecule has 0 radical (unpaired) electrons. The summed E-state index contributed by atoms with van der Waals surface area (Å²) in [5.41, 5.74) is 0. The molecule has 106 valence electrons. The number of thiophene rings is 1. The summed E-state index contributed by atoms with van der Waals surface area (Å²) in [4.78, 5) is 22.9. The SMILES string of the molecule is CCCCOc1c(C=O)sc(C=O)c1OCCCC. The lowest BCUT2D eigenvalue weighted by Crippen LogP contribution is -2.02. The van der Waals surface area contributed by atoms with Crippen LogP contribution in [0.5, 0.6) is 11.5 Å². The molecule has 19 heavy (non-hydrogen) atoms. The van der Waals surface area contributed by atoms with Gasteiger partial charge in [-0.1, -0.05) is 26.7 Å². The van der Waals surface area contributed by atoms with E-state index in [0.717, 1.165) is 37.0 Å². The van der Waals surface area contributed by atoms with E-state index in [2.05, 4.69) is 13.8 Å². The van der Waals surface area contributed by atoms with E-state index in [1.807, 2.05) is 0 Å². The first kappa shape index (κ1) is 15.7. The standard InChI is InChI=1S/C14H20O4S/c1-3-5-7-17-13-11(9-15)19-12(10-16)14(13)18-8-6-4-2/h9-10H,3-8H2,1-2H3. The molecular weight excluding hydrogens is 264 g/mol. The molecule has 0 aliphatic heterocycles. The summed E-state index contributed by atoms with van der Waals surface area (Å²) >= 11 is 1.12. The monoisotopic (exact) mass is 284 g/mol. The lowest BCUT2D eigenvalue weighted by atomic mass is 10.3. The van der Waals surface area contributed by atoms with Crippen LogP contribution in [0.2, 0.25) is 0 Å². The highest BCUT2D eigenvalue weighted by atomic mass is 32.1. The van der Waals surface area contributed by atoms with Crippen LogP contribution in [0.4, 0.5) is 0 Å². The summed E-state index contributed by atoms with van der Waals surface area (Å²) in [6.45, 7) is 5.17. The Morgan fingerprint density at radius 1 is 0.895 bits per heavy atom. The number of aldehydes is 2. The second-order valence-electron chi connectivity index (χ2n) is 4.13. The molecule has 0 saturated carbocycles. The van der Waals surface area contributed by atoms with E-state index in [0.29, 0.717) is 47.0 Å². The quantitative estimate of drug-likeness (QED) is 0.485. The van der Waals surface area contributed by atoms with Crippen molar-refractivity contribution in [3.8, 4) is 11.5 Å². The summed E-state index contributed by atoms with van der Waals surface area (Å²) in [6.07, 6.45) is 5.25. The Balaban J connectivity index is 2.90. The van der Waals surface area contributed by atoms with Gasteiger partial charge in [-0.15, -0.1) is 11.3 Å². The summed E-state index contributed by atoms with van der Waals surface area (Å²) < 4.78 is 11.2. The van der Waals surface area contributed by atoms with E-state index < -0.39 is 0 Å². The third-order valence-electron chi connectivity index (χ3n) is 2.58. The van der Waals surface area contributed by atoms with E-state index in [1.165, 1.54) is 0 Å². The normalized spacial score (nSPS) is 10.2. The van der Waals surface area contributed by atoms with E-state index in [4.69, 9.17) is 9.47 Å². The lowest BCUT2D eigenvalue weighted by molar-refractivity contribution is 0.111. The largest absolute Gasteiger partial charge is 0.488 e. The third kappa shape index (κ3) is 4.35. The zero-order valence-electron chi connectivity index (χ0n) is 11.4. The minimum absolute atomic E-state index is 0.421. The minimum atomic E-state index is 0.421. The fourth-order valence-corrected chi connectivity index (χ4v) is 2.32. The average Bonchev–Trinajstić information content (AvgIpc) is 2.77. The van der Waals surface area contributed by atoms with Gasteiger partial charge >= 0.3 is 0 Å². The molecule has 0 aliphatic carbocycles. The van der Waals surface area contributed by atoms with Crippen molar-refractivity contribution in [1.29, 1.82) is 0 Å². The first-order chi connectivity index (χ1) is 9.28. The zero-order chi connectivity index (χ0) is 14.1. The molecule has 0 fully saturated rings. The molecule has 1 aromatic heterocycles. The smallest absolute Gasteiger partial charge is 0.183 e. The lowest BCUT2D eigenvalue weighted by Gasteiger charge is -2.09. The summed E-state index contributed by atoms with van der Waals surface area (Å²) in [6, 6.07) is 0. The average molecular weight is 284 g/mol. The van der Waals surface area contributed by atoms with Crippen LogP contribution in [0.25, 0.3) is 0 Å². The van der Waals surface area contributed by atoms with Gasteiger partial charge in [0.15, 0.2) is 24.1 Å². The molecule has 0 bridgehead atoms. The van der Waals surface area contributed by atoms with Gasteiger partial charge in [0, 0.05) is 0 Å². The van der Waals surface area contributed by atoms with Crippen molar-refractivity contribution >= 4 is 23.9 Å². The Morgan fingerprint density at radius 3 is 1.63 bits per heavy atom. The van der Waals surface area contributed by atoms with Crippen LogP contribution >= 0.6 is 11.3 Å².